The van der Waals surface area contributed by atoms with E-state index in [1.54, 1.807) is 0 Å². The summed E-state index contributed by atoms with van der Waals surface area (Å²) in [5.41, 5.74) is 15.1. The monoisotopic (exact) mass is 806 g/mol. The Labute approximate surface area is 281 Å². The molecule has 4 aromatic rings. The quantitative estimate of drug-likeness (QED) is 0.209. The van der Waals surface area contributed by atoms with Gasteiger partial charge in [0.25, 0.3) is 0 Å². The molecule has 0 aromatic heterocycles. The van der Waals surface area contributed by atoms with Gasteiger partial charge in [0, 0.05) is 40.6 Å². The zero-order valence-electron chi connectivity index (χ0n) is 24.5. The number of nitrogen functional groups attached to an aromatic ring is 1. The summed E-state index contributed by atoms with van der Waals surface area (Å²) in [6.07, 6.45) is 0. The summed E-state index contributed by atoms with van der Waals surface area (Å²) in [5.74, 6) is 0. The van der Waals surface area contributed by atoms with Crippen LogP contribution in [-0.4, -0.2) is 0 Å². The molecule has 0 bridgehead atoms. The van der Waals surface area contributed by atoms with Crippen molar-refractivity contribution in [2.75, 3.05) is 10.6 Å². The maximum Gasteiger partial charge on any atom is 0.0484 e. The van der Waals surface area contributed by atoms with Crippen LogP contribution in [0.25, 0.3) is 0 Å². The van der Waals surface area contributed by atoms with Gasteiger partial charge < -0.3 is 10.6 Å². The van der Waals surface area contributed by atoms with Gasteiger partial charge in [0.2, 0.25) is 0 Å². The van der Waals surface area contributed by atoms with Crippen molar-refractivity contribution in [1.29, 1.82) is 0 Å². The second-order valence-corrected chi connectivity index (χ2v) is 15.5. The summed E-state index contributed by atoms with van der Waals surface area (Å²) < 4.78 is 4.27. The number of anilines is 4. The molecule has 0 amide bonds. The minimum absolute atomic E-state index is 0. The molecule has 2 N–H and O–H groups in total. The van der Waals surface area contributed by atoms with Gasteiger partial charge in [0.15, 0.2) is 0 Å². The molecule has 0 aliphatic rings. The van der Waals surface area contributed by atoms with E-state index in [-0.39, 0.29) is 18.3 Å². The van der Waals surface area contributed by atoms with Gasteiger partial charge in [-0.05, 0) is 95.5 Å². The van der Waals surface area contributed by atoms with Gasteiger partial charge in [0.05, 0.1) is 0 Å². The lowest BCUT2D eigenvalue weighted by molar-refractivity contribution is 0.590. The smallest absolute Gasteiger partial charge is 0.0484 e. The molecule has 0 aliphatic heterocycles. The predicted octanol–water partition coefficient (Wildman–Crippen LogP) is 13.3. The number of hydrogen-bond acceptors (Lipinski definition) is 2. The van der Waals surface area contributed by atoms with Crippen LogP contribution in [0.1, 0.15) is 71.2 Å². The summed E-state index contributed by atoms with van der Waals surface area (Å²) in [4.78, 5) is 2.31. The average molecular weight is 810 g/mol. The maximum atomic E-state index is 5.57. The Morgan fingerprint density at radius 2 is 0.805 bits per heavy atom. The number of halogens is 4. The van der Waals surface area contributed by atoms with Crippen molar-refractivity contribution in [1.82, 2.24) is 0 Å². The molecule has 2 nitrogen and oxygen atoms in total. The van der Waals surface area contributed by atoms with Gasteiger partial charge in [-0.3, -0.25) is 0 Å². The Balaban J connectivity index is 0.000000452. The molecule has 0 heterocycles. The normalized spacial score (nSPS) is 11.3. The Hall–Kier alpha value is -1.60. The first-order valence-electron chi connectivity index (χ1n) is 13.2. The van der Waals surface area contributed by atoms with E-state index in [4.69, 9.17) is 5.73 Å². The third-order valence-electron chi connectivity index (χ3n) is 6.81. The largest absolute Gasteiger partial charge is 0.399 e. The second-order valence-electron chi connectivity index (χ2n) is 12.1. The molecule has 41 heavy (non-hydrogen) atoms. The van der Waals surface area contributed by atoms with Crippen molar-refractivity contribution in [3.05, 3.63) is 113 Å². The van der Waals surface area contributed by atoms with E-state index in [1.807, 2.05) is 19.1 Å². The molecular weight excluding hydrogens is 768 g/mol. The van der Waals surface area contributed by atoms with Crippen molar-refractivity contribution >= 4 is 86.5 Å². The highest BCUT2D eigenvalue weighted by Gasteiger charge is 2.19. The zero-order chi connectivity index (χ0) is 30.0. The van der Waals surface area contributed by atoms with E-state index >= 15 is 0 Å². The van der Waals surface area contributed by atoms with Crippen molar-refractivity contribution in [3.8, 4) is 0 Å². The first-order valence-corrected chi connectivity index (χ1v) is 16.3. The number of nitrogens with two attached hydrogens (primary N) is 1. The molecule has 4 aromatic carbocycles. The van der Waals surface area contributed by atoms with Crippen LogP contribution in [0.3, 0.4) is 0 Å². The van der Waals surface area contributed by atoms with Gasteiger partial charge in [-0.1, -0.05) is 137 Å². The highest BCUT2D eigenvalue weighted by molar-refractivity contribution is 9.11. The third kappa shape index (κ3) is 9.19. The van der Waals surface area contributed by atoms with E-state index in [2.05, 4.69) is 178 Å². The van der Waals surface area contributed by atoms with Gasteiger partial charge in [0.1, 0.15) is 0 Å². The third-order valence-corrected chi connectivity index (χ3v) is 10.1. The molecule has 0 unspecified atom stereocenters. The molecule has 0 saturated heterocycles. The van der Waals surface area contributed by atoms with Crippen LogP contribution in [0.15, 0.2) is 90.7 Å². The fourth-order valence-electron chi connectivity index (χ4n) is 4.09. The molecule has 0 aliphatic carbocycles. The summed E-state index contributed by atoms with van der Waals surface area (Å²) >= 11 is 14.2. The Morgan fingerprint density at radius 1 is 0.512 bits per heavy atom. The van der Waals surface area contributed by atoms with Gasteiger partial charge in [-0.2, -0.15) is 0 Å². The van der Waals surface area contributed by atoms with Crippen molar-refractivity contribution in [2.45, 2.75) is 73.6 Å². The highest BCUT2D eigenvalue weighted by atomic mass is 79.9. The first kappa shape index (κ1) is 35.6. The predicted molar refractivity (Wildman–Crippen MR) is 196 cm³/mol. The molecule has 0 fully saturated rings. The van der Waals surface area contributed by atoms with E-state index in [9.17, 15) is 0 Å². The first-order chi connectivity index (χ1) is 18.5. The molecule has 4 rings (SSSR count). The topological polar surface area (TPSA) is 29.3 Å². The maximum absolute atomic E-state index is 5.57. The lowest BCUT2D eigenvalue weighted by Gasteiger charge is -2.28. The van der Waals surface area contributed by atoms with Crippen molar-refractivity contribution in [2.24, 2.45) is 0 Å². The van der Waals surface area contributed by atoms with Gasteiger partial charge in [-0.15, -0.1) is 0 Å². The van der Waals surface area contributed by atoms with Crippen molar-refractivity contribution in [3.63, 3.8) is 0 Å². The van der Waals surface area contributed by atoms with Gasteiger partial charge >= 0.3 is 0 Å². The molecule has 0 atom stereocenters. The summed E-state index contributed by atoms with van der Waals surface area (Å²) in [6.45, 7) is 17.6. The van der Waals surface area contributed by atoms with Gasteiger partial charge in [-0.25, -0.2) is 0 Å². The summed E-state index contributed by atoms with van der Waals surface area (Å²) in [7, 11) is 0. The molecule has 0 spiro atoms. The Morgan fingerprint density at radius 3 is 1.10 bits per heavy atom. The van der Waals surface area contributed by atoms with E-state index in [0.29, 0.717) is 0 Å². The fraction of sp³-hybridized carbons (Fsp3) is 0.314. The number of benzene rings is 4. The van der Waals surface area contributed by atoms with Crippen LogP contribution in [0.4, 0.5) is 22.7 Å². The molecule has 0 saturated carbocycles. The molecular formula is C35H42Br4N2. The van der Waals surface area contributed by atoms with Crippen molar-refractivity contribution < 1.29 is 0 Å². The van der Waals surface area contributed by atoms with Crippen LogP contribution < -0.4 is 10.6 Å². The van der Waals surface area contributed by atoms with E-state index in [0.717, 1.165) is 40.6 Å². The van der Waals surface area contributed by atoms with Crippen LogP contribution >= 0.6 is 63.7 Å². The Bertz CT molecular complexity index is 1360. The summed E-state index contributed by atoms with van der Waals surface area (Å²) in [5, 5.41) is 0. The van der Waals surface area contributed by atoms with Crippen LogP contribution in [0.5, 0.6) is 0 Å². The van der Waals surface area contributed by atoms with Crippen LogP contribution in [-0.2, 0) is 10.8 Å². The highest BCUT2D eigenvalue weighted by Crippen LogP contribution is 2.40. The molecule has 0 radical (unpaired) electrons. The number of nitrogens with zero attached hydrogens (tertiary/aromatic N) is 1. The lowest BCUT2D eigenvalue weighted by atomic mass is 9.86. The summed E-state index contributed by atoms with van der Waals surface area (Å²) in [6, 6.07) is 26.0. The number of rotatable bonds is 3. The fourth-order valence-corrected chi connectivity index (χ4v) is 6.48. The lowest BCUT2D eigenvalue weighted by Crippen LogP contribution is -2.14. The van der Waals surface area contributed by atoms with E-state index in [1.165, 1.54) is 22.3 Å². The zero-order valence-corrected chi connectivity index (χ0v) is 30.8. The molecule has 6 heteroatoms. The van der Waals surface area contributed by atoms with Crippen LogP contribution in [0, 0.1) is 13.8 Å². The Kier molecular flexibility index (Phi) is 12.4. The average Bonchev–Trinajstić information content (AvgIpc) is 2.86. The minimum atomic E-state index is 0. The molecule has 220 valence electrons. The minimum Gasteiger partial charge on any atom is -0.399 e. The standard InChI is InChI=1S/C27H31Br2N.C7H7Br2N.CH4/c1-18-24(28)16-23(17-25(18)29)30(21-12-8-19(9-13-21)26(2,3)4)22-14-10-20(11-15-22)27(5,6)7;1-4-6(8)2-5(10)3-7(4)9;/h8-17H,1-7H3;2-3H,10H2,1H3;1H4. The van der Waals surface area contributed by atoms with Crippen LogP contribution in [0.2, 0.25) is 0 Å². The number of hydrogen-bond donors (Lipinski definition) is 1. The SMILES string of the molecule is C.Cc1c(Br)cc(N(c2ccc(C(C)(C)C)cc2)c2ccc(C(C)(C)C)cc2)cc1Br.Cc1c(Br)cc(N)cc1Br. The van der Waals surface area contributed by atoms with E-state index < -0.39 is 0 Å². The second kappa shape index (κ2) is 14.2.